The third-order valence-electron chi connectivity index (χ3n) is 5.34. The Balaban J connectivity index is 1.49. The number of aliphatic hydroxyl groups is 1. The molecule has 36 heavy (non-hydrogen) atoms. The van der Waals surface area contributed by atoms with Crippen LogP contribution in [-0.4, -0.2) is 46.9 Å². The molecule has 2 amide bonds. The molecule has 2 aromatic carbocycles. The van der Waals surface area contributed by atoms with Crippen molar-refractivity contribution in [3.8, 4) is 11.8 Å². The fourth-order valence-corrected chi connectivity index (χ4v) is 3.33. The number of amides is 2. The van der Waals surface area contributed by atoms with E-state index < -0.39 is 24.3 Å². The predicted octanol–water partition coefficient (Wildman–Crippen LogP) is 2.06. The Bertz CT molecular complexity index is 1230. The number of rotatable bonds is 10. The molecule has 0 aliphatic rings. The number of aliphatic hydroxyl groups excluding tert-OH is 1. The van der Waals surface area contributed by atoms with Crippen LogP contribution in [0.3, 0.4) is 0 Å². The van der Waals surface area contributed by atoms with Gasteiger partial charge in [0, 0.05) is 47.7 Å². The van der Waals surface area contributed by atoms with Gasteiger partial charge in [0.1, 0.15) is 12.6 Å². The molecule has 0 radical (unpaired) electrons. The fraction of sp³-hybridized carbons (Fsp3) is 0.214. The summed E-state index contributed by atoms with van der Waals surface area (Å²) >= 11 is 0. The molecule has 0 saturated carbocycles. The lowest BCUT2D eigenvalue weighted by Gasteiger charge is -2.14. The van der Waals surface area contributed by atoms with E-state index in [0.717, 1.165) is 24.0 Å². The summed E-state index contributed by atoms with van der Waals surface area (Å²) in [6.07, 6.45) is 5.51. The third kappa shape index (κ3) is 8.17. The largest absolute Gasteiger partial charge is 0.388 e. The summed E-state index contributed by atoms with van der Waals surface area (Å²) in [4.78, 5) is 40.1. The minimum Gasteiger partial charge on any atom is -0.388 e. The first kappa shape index (κ1) is 26.3. The second-order valence-electron chi connectivity index (χ2n) is 8.05. The zero-order chi connectivity index (χ0) is 25.8. The van der Waals surface area contributed by atoms with Crippen molar-refractivity contribution in [3.63, 3.8) is 0 Å². The van der Waals surface area contributed by atoms with Crippen molar-refractivity contribution >= 4 is 23.3 Å². The number of aryl methyl sites for hydroxylation is 1. The molecule has 0 spiro atoms. The lowest BCUT2D eigenvalue weighted by atomic mass is 10.1. The first-order chi connectivity index (χ1) is 17.5. The third-order valence-corrected chi connectivity index (χ3v) is 5.34. The van der Waals surface area contributed by atoms with Crippen molar-refractivity contribution in [1.82, 2.24) is 10.3 Å². The molecule has 5 N–H and O–H groups in total. The summed E-state index contributed by atoms with van der Waals surface area (Å²) in [6, 6.07) is 16.8. The van der Waals surface area contributed by atoms with E-state index >= 15 is 0 Å². The summed E-state index contributed by atoms with van der Waals surface area (Å²) < 4.78 is 0. The number of nitrogens with two attached hydrogens (primary N) is 1. The number of nitrogens with zero attached hydrogens (tertiary/aromatic N) is 1. The summed E-state index contributed by atoms with van der Waals surface area (Å²) in [5.74, 6) is 5.04. The molecule has 1 aromatic heterocycles. The minimum atomic E-state index is -0.929. The normalized spacial score (nSPS) is 11.1. The monoisotopic (exact) mass is 484 g/mol. The minimum absolute atomic E-state index is 0.0413. The van der Waals surface area contributed by atoms with E-state index in [1.807, 2.05) is 30.5 Å². The molecule has 3 rings (SSSR count). The lowest BCUT2D eigenvalue weighted by molar-refractivity contribution is -0.123. The summed E-state index contributed by atoms with van der Waals surface area (Å²) in [5, 5.41) is 14.3. The summed E-state index contributed by atoms with van der Waals surface area (Å²) in [7, 11) is 0. The van der Waals surface area contributed by atoms with Crippen LogP contribution < -0.4 is 16.4 Å². The van der Waals surface area contributed by atoms with E-state index in [-0.39, 0.29) is 12.5 Å². The molecule has 0 aliphatic heterocycles. The van der Waals surface area contributed by atoms with Gasteiger partial charge in [0.15, 0.2) is 5.78 Å². The highest BCUT2D eigenvalue weighted by Crippen LogP contribution is 2.11. The molecule has 1 atom stereocenters. The SMILES string of the molecule is NC[C@H](NC(=O)c1ccc(C#Cc2ccc(NC(=O)CCCc3cccnc3)cc2)cc1)C(=O)CO. The Kier molecular flexibility index (Phi) is 9.89. The number of Topliss-reactive ketones (excluding diaryl/α,β-unsaturated/α-hetero) is 1. The Morgan fingerprint density at radius 2 is 1.64 bits per heavy atom. The van der Waals surface area contributed by atoms with Crippen molar-refractivity contribution < 1.29 is 19.5 Å². The van der Waals surface area contributed by atoms with Crippen molar-refractivity contribution in [2.45, 2.75) is 25.3 Å². The van der Waals surface area contributed by atoms with Crippen molar-refractivity contribution in [3.05, 3.63) is 95.3 Å². The standard InChI is InChI=1S/C28H28N4O4/c29-17-25(26(34)19-33)32-28(36)23-12-8-20(9-13-23)6-7-21-10-14-24(15-11-21)31-27(35)5-1-3-22-4-2-16-30-18-22/h2,4,8-16,18,25,33H,1,3,5,17,19,29H2,(H,31,35)(H,32,36)/t25-/m0/s1. The maximum Gasteiger partial charge on any atom is 0.251 e. The van der Waals surface area contributed by atoms with Gasteiger partial charge in [0.2, 0.25) is 5.91 Å². The van der Waals surface area contributed by atoms with Gasteiger partial charge in [-0.15, -0.1) is 0 Å². The topological polar surface area (TPSA) is 134 Å². The maximum atomic E-state index is 12.3. The number of hydrogen-bond donors (Lipinski definition) is 4. The summed E-state index contributed by atoms with van der Waals surface area (Å²) in [5.41, 5.74) is 9.13. The van der Waals surface area contributed by atoms with E-state index in [9.17, 15) is 14.4 Å². The number of carbonyl (C=O) groups excluding carboxylic acids is 3. The Hall–Kier alpha value is -4.32. The molecule has 0 bridgehead atoms. The van der Waals surface area contributed by atoms with Gasteiger partial charge < -0.3 is 21.5 Å². The van der Waals surface area contributed by atoms with Gasteiger partial charge >= 0.3 is 0 Å². The second kappa shape index (κ2) is 13.5. The number of aromatic nitrogens is 1. The zero-order valence-corrected chi connectivity index (χ0v) is 19.7. The number of carbonyl (C=O) groups is 3. The van der Waals surface area contributed by atoms with Crippen LogP contribution in [0.4, 0.5) is 5.69 Å². The van der Waals surface area contributed by atoms with Gasteiger partial charge in [-0.05, 0) is 73.0 Å². The first-order valence-electron chi connectivity index (χ1n) is 11.5. The van der Waals surface area contributed by atoms with Crippen LogP contribution in [0.2, 0.25) is 0 Å². The highest BCUT2D eigenvalue weighted by molar-refractivity contribution is 5.98. The molecular formula is C28H28N4O4. The van der Waals surface area contributed by atoms with E-state index in [1.54, 1.807) is 42.6 Å². The maximum absolute atomic E-state index is 12.3. The predicted molar refractivity (Wildman–Crippen MR) is 137 cm³/mol. The van der Waals surface area contributed by atoms with Gasteiger partial charge in [-0.3, -0.25) is 19.4 Å². The molecule has 0 unspecified atom stereocenters. The van der Waals surface area contributed by atoms with E-state index in [2.05, 4.69) is 27.5 Å². The number of benzene rings is 2. The quantitative estimate of drug-likeness (QED) is 0.326. The van der Waals surface area contributed by atoms with Crippen LogP contribution in [0.5, 0.6) is 0 Å². The molecule has 1 heterocycles. The van der Waals surface area contributed by atoms with Crippen molar-refractivity contribution in [2.75, 3.05) is 18.5 Å². The molecule has 3 aromatic rings. The number of anilines is 1. The molecule has 8 heteroatoms. The number of ketones is 1. The second-order valence-corrected chi connectivity index (χ2v) is 8.05. The number of nitrogens with one attached hydrogen (secondary N) is 2. The van der Waals surface area contributed by atoms with E-state index in [1.165, 1.54) is 0 Å². The van der Waals surface area contributed by atoms with Gasteiger partial charge in [-0.1, -0.05) is 17.9 Å². The molecular weight excluding hydrogens is 456 g/mol. The van der Waals surface area contributed by atoms with Crippen LogP contribution in [-0.2, 0) is 16.0 Å². The van der Waals surface area contributed by atoms with E-state index in [0.29, 0.717) is 23.2 Å². The molecule has 184 valence electrons. The van der Waals surface area contributed by atoms with Crippen molar-refractivity contribution in [1.29, 1.82) is 0 Å². The van der Waals surface area contributed by atoms with Crippen LogP contribution in [0, 0.1) is 11.8 Å². The van der Waals surface area contributed by atoms with Gasteiger partial charge in [0.05, 0.1) is 0 Å². The highest BCUT2D eigenvalue weighted by Gasteiger charge is 2.18. The Morgan fingerprint density at radius 3 is 2.22 bits per heavy atom. The molecule has 0 fully saturated rings. The van der Waals surface area contributed by atoms with Gasteiger partial charge in [-0.2, -0.15) is 0 Å². The number of pyridine rings is 1. The smallest absolute Gasteiger partial charge is 0.251 e. The summed E-state index contributed by atoms with van der Waals surface area (Å²) in [6.45, 7) is -0.778. The van der Waals surface area contributed by atoms with Crippen LogP contribution in [0.15, 0.2) is 73.1 Å². The zero-order valence-electron chi connectivity index (χ0n) is 19.7. The lowest BCUT2D eigenvalue weighted by Crippen LogP contribution is -2.46. The fourth-order valence-electron chi connectivity index (χ4n) is 3.33. The van der Waals surface area contributed by atoms with Crippen molar-refractivity contribution in [2.24, 2.45) is 5.73 Å². The first-order valence-corrected chi connectivity index (χ1v) is 11.5. The Morgan fingerprint density at radius 1 is 0.972 bits per heavy atom. The van der Waals surface area contributed by atoms with Crippen LogP contribution in [0.25, 0.3) is 0 Å². The molecule has 8 nitrogen and oxygen atoms in total. The average Bonchev–Trinajstić information content (AvgIpc) is 2.91. The van der Waals surface area contributed by atoms with E-state index in [4.69, 9.17) is 10.8 Å². The molecule has 0 saturated heterocycles. The average molecular weight is 485 g/mol. The number of hydrogen-bond acceptors (Lipinski definition) is 6. The van der Waals surface area contributed by atoms with Gasteiger partial charge in [0.25, 0.3) is 5.91 Å². The van der Waals surface area contributed by atoms with Crippen LogP contribution in [0.1, 0.15) is 39.9 Å². The van der Waals surface area contributed by atoms with Gasteiger partial charge in [-0.25, -0.2) is 0 Å². The Labute approximate surface area is 209 Å². The van der Waals surface area contributed by atoms with Crippen LogP contribution >= 0.6 is 0 Å². The highest BCUT2D eigenvalue weighted by atomic mass is 16.3. The molecule has 0 aliphatic carbocycles.